The highest BCUT2D eigenvalue weighted by molar-refractivity contribution is 7.10. The summed E-state index contributed by atoms with van der Waals surface area (Å²) in [5.41, 5.74) is 0. The van der Waals surface area contributed by atoms with E-state index in [1.165, 1.54) is 16.3 Å². The van der Waals surface area contributed by atoms with Crippen molar-refractivity contribution in [1.82, 2.24) is 4.98 Å². The van der Waals surface area contributed by atoms with Gasteiger partial charge in [-0.25, -0.2) is 0 Å². The molecule has 1 aliphatic carbocycles. The average molecular weight is 397 g/mol. The average Bonchev–Trinajstić information content (AvgIpc) is 2.91. The number of carbonyl (C=O) groups is 1. The van der Waals surface area contributed by atoms with E-state index in [0.29, 0.717) is 24.2 Å². The van der Waals surface area contributed by atoms with Crippen molar-refractivity contribution in [2.75, 3.05) is 4.90 Å². The number of alkyl halides is 5. The Kier molecular flexibility index (Phi) is 4.39. The number of amides is 1. The van der Waals surface area contributed by atoms with Crippen LogP contribution in [0.2, 0.25) is 0 Å². The van der Waals surface area contributed by atoms with Crippen molar-refractivity contribution in [3.8, 4) is 11.6 Å². The summed E-state index contributed by atoms with van der Waals surface area (Å²) in [6, 6.07) is 5.08. The quantitative estimate of drug-likeness (QED) is 0.535. The lowest BCUT2D eigenvalue weighted by Crippen LogP contribution is -2.28. The lowest BCUT2D eigenvalue weighted by atomic mass is 10.4. The Hall–Kier alpha value is -1.51. The SMILES string of the molecule is O=CN(c1cccc(Oc2csc(C(F)(F)F)c2)n1)C1CC1(Cl)Cl. The molecule has 2 heterocycles. The molecule has 0 bridgehead atoms. The van der Waals surface area contributed by atoms with E-state index in [4.69, 9.17) is 27.9 Å². The second kappa shape index (κ2) is 6.09. The van der Waals surface area contributed by atoms with Crippen molar-refractivity contribution in [3.63, 3.8) is 0 Å². The first-order valence-electron chi connectivity index (χ1n) is 6.63. The summed E-state index contributed by atoms with van der Waals surface area (Å²) in [4.78, 5) is 15.9. The van der Waals surface area contributed by atoms with E-state index in [1.54, 1.807) is 12.1 Å². The van der Waals surface area contributed by atoms with Crippen molar-refractivity contribution < 1.29 is 22.7 Å². The van der Waals surface area contributed by atoms with Crippen molar-refractivity contribution in [2.45, 2.75) is 23.0 Å². The van der Waals surface area contributed by atoms with Crippen LogP contribution in [-0.2, 0) is 11.0 Å². The van der Waals surface area contributed by atoms with Crippen LogP contribution in [-0.4, -0.2) is 21.8 Å². The van der Waals surface area contributed by atoms with Gasteiger partial charge in [-0.2, -0.15) is 18.2 Å². The maximum atomic E-state index is 12.6. The second-order valence-electron chi connectivity index (χ2n) is 5.07. The number of ether oxygens (including phenoxy) is 1. The van der Waals surface area contributed by atoms with Gasteiger partial charge in [0.1, 0.15) is 20.8 Å². The van der Waals surface area contributed by atoms with Crippen LogP contribution in [0.4, 0.5) is 19.0 Å². The van der Waals surface area contributed by atoms with E-state index in [-0.39, 0.29) is 17.4 Å². The minimum Gasteiger partial charge on any atom is -0.438 e. The molecule has 1 fully saturated rings. The van der Waals surface area contributed by atoms with E-state index in [0.717, 1.165) is 6.07 Å². The molecule has 0 N–H and O–H groups in total. The van der Waals surface area contributed by atoms with Gasteiger partial charge in [0, 0.05) is 23.9 Å². The molecule has 2 aromatic rings. The van der Waals surface area contributed by atoms with Gasteiger partial charge in [0.15, 0.2) is 0 Å². The summed E-state index contributed by atoms with van der Waals surface area (Å²) in [5.74, 6) is 0.327. The summed E-state index contributed by atoms with van der Waals surface area (Å²) in [6.45, 7) is 0. The maximum Gasteiger partial charge on any atom is 0.425 e. The minimum absolute atomic E-state index is 0.0186. The Morgan fingerprint density at radius 3 is 2.67 bits per heavy atom. The van der Waals surface area contributed by atoms with Crippen molar-refractivity contribution in [2.24, 2.45) is 0 Å². The Bertz CT molecular complexity index is 766. The first-order valence-corrected chi connectivity index (χ1v) is 8.26. The Morgan fingerprint density at radius 1 is 1.42 bits per heavy atom. The molecule has 0 aromatic carbocycles. The van der Waals surface area contributed by atoms with Gasteiger partial charge in [0.05, 0.1) is 6.04 Å². The Labute approximate surface area is 148 Å². The molecule has 0 spiro atoms. The molecule has 3 rings (SSSR count). The molecule has 1 unspecified atom stereocenters. The van der Waals surface area contributed by atoms with Crippen molar-refractivity contribution in [3.05, 3.63) is 34.5 Å². The molecule has 1 amide bonds. The van der Waals surface area contributed by atoms with Gasteiger partial charge in [0.2, 0.25) is 12.3 Å². The number of carbonyl (C=O) groups excluding carboxylic acids is 1. The molecule has 10 heteroatoms. The van der Waals surface area contributed by atoms with E-state index in [9.17, 15) is 18.0 Å². The smallest absolute Gasteiger partial charge is 0.425 e. The highest BCUT2D eigenvalue weighted by atomic mass is 35.5. The van der Waals surface area contributed by atoms with E-state index in [1.807, 2.05) is 0 Å². The van der Waals surface area contributed by atoms with E-state index < -0.39 is 21.4 Å². The lowest BCUT2D eigenvalue weighted by Gasteiger charge is -2.17. The molecule has 1 atom stereocenters. The van der Waals surface area contributed by atoms with E-state index >= 15 is 0 Å². The number of aromatic nitrogens is 1. The summed E-state index contributed by atoms with van der Waals surface area (Å²) < 4.78 is 42.1. The highest BCUT2D eigenvalue weighted by Crippen LogP contribution is 2.50. The molecule has 1 aliphatic rings. The third-order valence-corrected chi connectivity index (χ3v) is 5.06. The third-order valence-electron chi connectivity index (χ3n) is 3.29. The molecule has 0 aliphatic heterocycles. The minimum atomic E-state index is -4.42. The van der Waals surface area contributed by atoms with E-state index in [2.05, 4.69) is 4.98 Å². The zero-order chi connectivity index (χ0) is 17.5. The number of halogens is 5. The maximum absolute atomic E-state index is 12.6. The fourth-order valence-corrected chi connectivity index (χ4v) is 3.21. The van der Waals surface area contributed by atoms with Crippen LogP contribution in [0.1, 0.15) is 11.3 Å². The van der Waals surface area contributed by atoms with Gasteiger partial charge >= 0.3 is 6.18 Å². The van der Waals surface area contributed by atoms with Gasteiger partial charge in [-0.05, 0) is 6.07 Å². The number of nitrogens with zero attached hydrogens (tertiary/aromatic N) is 2. The molecule has 2 aromatic heterocycles. The topological polar surface area (TPSA) is 42.4 Å². The van der Waals surface area contributed by atoms with Gasteiger partial charge < -0.3 is 4.74 Å². The number of hydrogen-bond acceptors (Lipinski definition) is 4. The molecule has 0 saturated heterocycles. The zero-order valence-corrected chi connectivity index (χ0v) is 14.1. The normalized spacial score (nSPS) is 19.0. The molecule has 1 saturated carbocycles. The van der Waals surface area contributed by atoms with Gasteiger partial charge in [-0.3, -0.25) is 9.69 Å². The summed E-state index contributed by atoms with van der Waals surface area (Å²) in [5, 5.41) is 1.23. The van der Waals surface area contributed by atoms with Crippen LogP contribution in [0.25, 0.3) is 0 Å². The largest absolute Gasteiger partial charge is 0.438 e. The molecular formula is C14H9Cl2F3N2O2S. The fourth-order valence-electron chi connectivity index (χ4n) is 2.03. The zero-order valence-electron chi connectivity index (χ0n) is 11.8. The summed E-state index contributed by atoms with van der Waals surface area (Å²) in [7, 11) is 0. The Balaban J connectivity index is 1.78. The molecule has 24 heavy (non-hydrogen) atoms. The summed E-state index contributed by atoms with van der Waals surface area (Å²) in [6.07, 6.45) is -3.47. The fraction of sp³-hybridized carbons (Fsp3) is 0.286. The predicted octanol–water partition coefficient (Wildman–Crippen LogP) is 4.86. The summed E-state index contributed by atoms with van der Waals surface area (Å²) >= 11 is 12.4. The van der Waals surface area contributed by atoms with Crippen LogP contribution in [0.15, 0.2) is 29.6 Å². The number of hydrogen-bond donors (Lipinski definition) is 0. The predicted molar refractivity (Wildman–Crippen MR) is 85.0 cm³/mol. The lowest BCUT2D eigenvalue weighted by molar-refractivity contribution is -0.134. The highest BCUT2D eigenvalue weighted by Gasteiger charge is 2.56. The van der Waals surface area contributed by atoms with Crippen molar-refractivity contribution >= 4 is 46.8 Å². The van der Waals surface area contributed by atoms with Crippen LogP contribution >= 0.6 is 34.5 Å². The second-order valence-corrected chi connectivity index (χ2v) is 7.53. The van der Waals surface area contributed by atoms with Gasteiger partial charge in [-0.1, -0.05) is 29.3 Å². The first-order chi connectivity index (χ1) is 11.2. The Morgan fingerprint density at radius 2 is 2.12 bits per heavy atom. The standard InChI is InChI=1S/C14H9Cl2F3N2O2S/c15-13(16)5-9(13)21(7-22)11-2-1-3-12(20-11)23-8-4-10(24-6-8)14(17,18)19/h1-4,6-7,9H,5H2. The molecule has 128 valence electrons. The van der Waals surface area contributed by atoms with Crippen molar-refractivity contribution in [1.29, 1.82) is 0 Å². The van der Waals surface area contributed by atoms with Gasteiger partial charge in [-0.15, -0.1) is 11.3 Å². The van der Waals surface area contributed by atoms with Crippen LogP contribution in [0.3, 0.4) is 0 Å². The van der Waals surface area contributed by atoms with Crippen LogP contribution in [0, 0.1) is 0 Å². The van der Waals surface area contributed by atoms with Crippen LogP contribution in [0.5, 0.6) is 11.6 Å². The number of thiophene rings is 1. The monoisotopic (exact) mass is 396 g/mol. The third kappa shape index (κ3) is 3.60. The molecule has 4 nitrogen and oxygen atoms in total. The van der Waals surface area contributed by atoms with Gasteiger partial charge in [0.25, 0.3) is 0 Å². The molecular weight excluding hydrogens is 388 g/mol. The molecule has 0 radical (unpaired) electrons. The van der Waals surface area contributed by atoms with Crippen LogP contribution < -0.4 is 9.64 Å². The first kappa shape index (κ1) is 17.3. The number of rotatable bonds is 5. The number of pyridine rings is 1. The number of anilines is 1.